The van der Waals surface area contributed by atoms with Gasteiger partial charge in [-0.2, -0.15) is 0 Å². The maximum atomic E-state index is 13.4. The van der Waals surface area contributed by atoms with E-state index in [1.54, 1.807) is 0 Å². The molecule has 1 nitrogen and oxygen atoms in total. The van der Waals surface area contributed by atoms with Crippen LogP contribution in [0.1, 0.15) is 25.3 Å². The molecule has 2 N–H and O–H groups in total. The van der Waals surface area contributed by atoms with Crippen molar-refractivity contribution in [2.75, 3.05) is 0 Å². The van der Waals surface area contributed by atoms with Gasteiger partial charge in [0.15, 0.2) is 17.5 Å². The van der Waals surface area contributed by atoms with Gasteiger partial charge >= 0.3 is 0 Å². The molecule has 2 rings (SSSR count). The molecular formula is C11H12F3N. The first kappa shape index (κ1) is 10.5. The smallest absolute Gasteiger partial charge is 0.194 e. The van der Waals surface area contributed by atoms with Gasteiger partial charge in [-0.25, -0.2) is 13.2 Å². The number of benzene rings is 1. The summed E-state index contributed by atoms with van der Waals surface area (Å²) in [6.45, 7) is 3.76. The fourth-order valence-corrected chi connectivity index (χ4v) is 2.05. The van der Waals surface area contributed by atoms with Crippen LogP contribution < -0.4 is 5.73 Å². The summed E-state index contributed by atoms with van der Waals surface area (Å²) in [5, 5.41) is 0. The van der Waals surface area contributed by atoms with Crippen LogP contribution in [-0.4, -0.2) is 6.04 Å². The van der Waals surface area contributed by atoms with Gasteiger partial charge in [-0.3, -0.25) is 0 Å². The molecule has 82 valence electrons. The van der Waals surface area contributed by atoms with Gasteiger partial charge in [0, 0.05) is 12.0 Å². The Morgan fingerprint density at radius 1 is 1.13 bits per heavy atom. The standard InChI is InChI=1S/C11H12F3N/c1-11(2)7(10(11)15)5-3-4-6(12)9(14)8(5)13/h3-4,7,10H,15H2,1-2H3/t7-,10-/m0/s1. The summed E-state index contributed by atoms with van der Waals surface area (Å²) < 4.78 is 39.1. The zero-order valence-electron chi connectivity index (χ0n) is 8.52. The molecule has 0 amide bonds. The van der Waals surface area contributed by atoms with Crippen LogP contribution in [0.15, 0.2) is 12.1 Å². The molecule has 2 atom stereocenters. The van der Waals surface area contributed by atoms with Gasteiger partial charge in [0.1, 0.15) is 0 Å². The molecule has 1 aliphatic rings. The van der Waals surface area contributed by atoms with Gasteiger partial charge < -0.3 is 5.73 Å². The van der Waals surface area contributed by atoms with E-state index in [0.29, 0.717) is 0 Å². The lowest BCUT2D eigenvalue weighted by Gasteiger charge is -2.05. The third-order valence-corrected chi connectivity index (χ3v) is 3.31. The lowest BCUT2D eigenvalue weighted by Crippen LogP contribution is -2.06. The van der Waals surface area contributed by atoms with E-state index < -0.39 is 17.5 Å². The zero-order chi connectivity index (χ0) is 11.4. The van der Waals surface area contributed by atoms with E-state index >= 15 is 0 Å². The van der Waals surface area contributed by atoms with Gasteiger partial charge in [-0.15, -0.1) is 0 Å². The molecule has 1 saturated carbocycles. The van der Waals surface area contributed by atoms with Crippen molar-refractivity contribution < 1.29 is 13.2 Å². The molecule has 1 aliphatic carbocycles. The van der Waals surface area contributed by atoms with Gasteiger partial charge in [0.2, 0.25) is 0 Å². The lowest BCUT2D eigenvalue weighted by molar-refractivity contribution is 0.438. The van der Waals surface area contributed by atoms with Crippen molar-refractivity contribution in [2.45, 2.75) is 25.8 Å². The van der Waals surface area contributed by atoms with Crippen molar-refractivity contribution in [1.29, 1.82) is 0 Å². The van der Waals surface area contributed by atoms with Gasteiger partial charge in [0.25, 0.3) is 0 Å². The molecule has 1 aromatic rings. The van der Waals surface area contributed by atoms with Crippen LogP contribution in [0.25, 0.3) is 0 Å². The maximum Gasteiger partial charge on any atom is 0.194 e. The van der Waals surface area contributed by atoms with Crippen LogP contribution >= 0.6 is 0 Å². The number of hydrogen-bond acceptors (Lipinski definition) is 1. The molecule has 0 spiro atoms. The Morgan fingerprint density at radius 2 is 1.67 bits per heavy atom. The Kier molecular flexibility index (Phi) is 2.08. The summed E-state index contributed by atoms with van der Waals surface area (Å²) in [5.74, 6) is -3.92. The van der Waals surface area contributed by atoms with E-state index in [4.69, 9.17) is 5.73 Å². The van der Waals surface area contributed by atoms with E-state index in [2.05, 4.69) is 0 Å². The van der Waals surface area contributed by atoms with Crippen LogP contribution in [0, 0.1) is 22.9 Å². The van der Waals surface area contributed by atoms with Gasteiger partial charge in [-0.05, 0) is 17.0 Å². The third-order valence-electron chi connectivity index (χ3n) is 3.31. The Labute approximate surface area is 86.1 Å². The summed E-state index contributed by atoms with van der Waals surface area (Å²) in [4.78, 5) is 0. The summed E-state index contributed by atoms with van der Waals surface area (Å²) in [6.07, 6.45) is 0. The van der Waals surface area contributed by atoms with Crippen molar-refractivity contribution in [3.8, 4) is 0 Å². The van der Waals surface area contributed by atoms with E-state index in [9.17, 15) is 13.2 Å². The number of nitrogens with two attached hydrogens (primary N) is 1. The first-order chi connectivity index (χ1) is 6.87. The summed E-state index contributed by atoms with van der Waals surface area (Å²) in [7, 11) is 0. The van der Waals surface area contributed by atoms with E-state index in [1.807, 2.05) is 13.8 Å². The van der Waals surface area contributed by atoms with E-state index in [-0.39, 0.29) is 22.9 Å². The lowest BCUT2D eigenvalue weighted by atomic mass is 10.0. The third kappa shape index (κ3) is 1.35. The minimum absolute atomic E-state index is 0.173. The van der Waals surface area contributed by atoms with Crippen molar-refractivity contribution in [2.24, 2.45) is 11.1 Å². The van der Waals surface area contributed by atoms with Crippen molar-refractivity contribution in [3.05, 3.63) is 35.1 Å². The van der Waals surface area contributed by atoms with Crippen LogP contribution in [-0.2, 0) is 0 Å². The molecule has 0 heterocycles. The second-order valence-corrected chi connectivity index (χ2v) is 4.59. The molecule has 0 saturated heterocycles. The fourth-order valence-electron chi connectivity index (χ4n) is 2.05. The fraction of sp³-hybridized carbons (Fsp3) is 0.455. The normalized spacial score (nSPS) is 27.9. The Balaban J connectivity index is 2.44. The SMILES string of the molecule is CC1(C)[C@@H](N)[C@@H]1c1ccc(F)c(F)c1F. The Hall–Kier alpha value is -1.03. The van der Waals surface area contributed by atoms with Crippen molar-refractivity contribution in [1.82, 2.24) is 0 Å². The first-order valence-electron chi connectivity index (χ1n) is 4.76. The molecule has 1 aromatic carbocycles. The highest BCUT2D eigenvalue weighted by molar-refractivity contribution is 5.35. The first-order valence-corrected chi connectivity index (χ1v) is 4.76. The van der Waals surface area contributed by atoms with Crippen LogP contribution in [0.3, 0.4) is 0 Å². The topological polar surface area (TPSA) is 26.0 Å². The minimum atomic E-state index is -1.41. The van der Waals surface area contributed by atoms with Crippen LogP contribution in [0.4, 0.5) is 13.2 Å². The highest BCUT2D eigenvalue weighted by Crippen LogP contribution is 2.57. The Morgan fingerprint density at radius 3 is 2.13 bits per heavy atom. The molecule has 0 unspecified atom stereocenters. The number of halogens is 3. The molecular weight excluding hydrogens is 203 g/mol. The quantitative estimate of drug-likeness (QED) is 0.716. The minimum Gasteiger partial charge on any atom is -0.327 e. The number of rotatable bonds is 1. The average molecular weight is 215 g/mol. The zero-order valence-corrected chi connectivity index (χ0v) is 8.52. The Bertz CT molecular complexity index is 415. The molecule has 0 radical (unpaired) electrons. The monoisotopic (exact) mass is 215 g/mol. The molecule has 0 bridgehead atoms. The number of hydrogen-bond donors (Lipinski definition) is 1. The maximum absolute atomic E-state index is 13.4. The van der Waals surface area contributed by atoms with Crippen molar-refractivity contribution in [3.63, 3.8) is 0 Å². The second-order valence-electron chi connectivity index (χ2n) is 4.59. The van der Waals surface area contributed by atoms with Crippen molar-refractivity contribution >= 4 is 0 Å². The van der Waals surface area contributed by atoms with Crippen LogP contribution in [0.2, 0.25) is 0 Å². The summed E-state index contributed by atoms with van der Waals surface area (Å²) in [6, 6.07) is 2.01. The second kappa shape index (κ2) is 2.98. The van der Waals surface area contributed by atoms with E-state index in [1.165, 1.54) is 6.07 Å². The summed E-state index contributed by atoms with van der Waals surface area (Å²) in [5.41, 5.74) is 5.68. The van der Waals surface area contributed by atoms with E-state index in [0.717, 1.165) is 6.07 Å². The largest absolute Gasteiger partial charge is 0.327 e. The predicted molar refractivity (Wildman–Crippen MR) is 50.8 cm³/mol. The predicted octanol–water partition coefficient (Wildman–Crippen LogP) is 2.55. The molecule has 0 aliphatic heterocycles. The average Bonchev–Trinajstić information content (AvgIpc) is 2.64. The summed E-state index contributed by atoms with van der Waals surface area (Å²) >= 11 is 0. The van der Waals surface area contributed by atoms with Crippen LogP contribution in [0.5, 0.6) is 0 Å². The molecule has 15 heavy (non-hydrogen) atoms. The molecule has 4 heteroatoms. The van der Waals surface area contributed by atoms with Gasteiger partial charge in [-0.1, -0.05) is 19.9 Å². The highest BCUT2D eigenvalue weighted by Gasteiger charge is 2.57. The van der Waals surface area contributed by atoms with Gasteiger partial charge in [0.05, 0.1) is 0 Å². The highest BCUT2D eigenvalue weighted by atomic mass is 19.2. The molecule has 1 fully saturated rings. The molecule has 0 aromatic heterocycles.